The van der Waals surface area contributed by atoms with Gasteiger partial charge in [0.2, 0.25) is 5.91 Å². The summed E-state index contributed by atoms with van der Waals surface area (Å²) < 4.78 is 31.7. The molecule has 1 heterocycles. The van der Waals surface area contributed by atoms with Gasteiger partial charge < -0.3 is 15.7 Å². The number of carboxylic acid groups (broad SMARTS) is 1. The maximum absolute atomic E-state index is 11.1. The molecule has 1 atom stereocenters. The molecule has 1 aliphatic rings. The number of carbonyl (C=O) groups excluding carboxylic acids is 1. The lowest BCUT2D eigenvalue weighted by Crippen LogP contribution is -2.40. The van der Waals surface area contributed by atoms with Gasteiger partial charge in [-0.05, 0) is 26.3 Å². The Kier molecular flexibility index (Phi) is 6.55. The number of amides is 1. The number of carbonyl (C=O) groups is 2. The van der Waals surface area contributed by atoms with Gasteiger partial charge in [0.25, 0.3) is 0 Å². The van der Waals surface area contributed by atoms with Crippen LogP contribution in [-0.4, -0.2) is 42.3 Å². The highest BCUT2D eigenvalue weighted by Gasteiger charge is 2.38. The van der Waals surface area contributed by atoms with E-state index in [1.165, 1.54) is 0 Å². The maximum Gasteiger partial charge on any atom is 0.490 e. The van der Waals surface area contributed by atoms with Crippen LogP contribution >= 0.6 is 0 Å². The second kappa shape index (κ2) is 7.10. The zero-order valence-electron chi connectivity index (χ0n) is 9.30. The SMILES string of the molecule is CCNC(=O)[C@@H]1CCCN1.O=C(O)C(F)(F)F. The molecule has 5 nitrogen and oxygen atoms in total. The zero-order valence-corrected chi connectivity index (χ0v) is 9.30. The van der Waals surface area contributed by atoms with Crippen LogP contribution in [0.3, 0.4) is 0 Å². The predicted molar refractivity (Wildman–Crippen MR) is 53.4 cm³/mol. The lowest BCUT2D eigenvalue weighted by molar-refractivity contribution is -0.192. The summed E-state index contributed by atoms with van der Waals surface area (Å²) in [5.41, 5.74) is 0. The molecule has 3 N–H and O–H groups in total. The Morgan fingerprint density at radius 3 is 2.29 bits per heavy atom. The van der Waals surface area contributed by atoms with Crippen molar-refractivity contribution in [2.24, 2.45) is 0 Å². The summed E-state index contributed by atoms with van der Waals surface area (Å²) in [5.74, 6) is -2.60. The molecule has 0 aromatic heterocycles. The smallest absolute Gasteiger partial charge is 0.475 e. The third-order valence-corrected chi connectivity index (χ3v) is 1.97. The molecular formula is C9H15F3N2O3. The number of halogens is 3. The van der Waals surface area contributed by atoms with Crippen molar-refractivity contribution in [2.45, 2.75) is 32.0 Å². The van der Waals surface area contributed by atoms with E-state index in [1.807, 2.05) is 6.92 Å². The van der Waals surface area contributed by atoms with Gasteiger partial charge in [0, 0.05) is 6.54 Å². The van der Waals surface area contributed by atoms with Crippen molar-refractivity contribution in [3.63, 3.8) is 0 Å². The molecule has 0 spiro atoms. The third kappa shape index (κ3) is 6.77. The van der Waals surface area contributed by atoms with Crippen molar-refractivity contribution >= 4 is 11.9 Å². The second-order valence-corrected chi connectivity index (χ2v) is 3.35. The Morgan fingerprint density at radius 2 is 2.00 bits per heavy atom. The first-order chi connectivity index (χ1) is 7.79. The number of hydrogen-bond donors (Lipinski definition) is 3. The summed E-state index contributed by atoms with van der Waals surface area (Å²) in [5, 5.41) is 13.0. The van der Waals surface area contributed by atoms with Gasteiger partial charge in [-0.15, -0.1) is 0 Å². The van der Waals surface area contributed by atoms with Gasteiger partial charge in [-0.3, -0.25) is 4.79 Å². The Labute approximate surface area is 96.4 Å². The van der Waals surface area contributed by atoms with Crippen molar-refractivity contribution in [3.05, 3.63) is 0 Å². The fourth-order valence-corrected chi connectivity index (χ4v) is 1.21. The largest absolute Gasteiger partial charge is 0.490 e. The van der Waals surface area contributed by atoms with Crippen LogP contribution in [0.1, 0.15) is 19.8 Å². The summed E-state index contributed by atoms with van der Waals surface area (Å²) in [7, 11) is 0. The molecule has 1 aliphatic heterocycles. The molecule has 0 saturated carbocycles. The molecule has 0 aromatic rings. The van der Waals surface area contributed by atoms with E-state index in [9.17, 15) is 18.0 Å². The average Bonchev–Trinajstić information content (AvgIpc) is 2.70. The van der Waals surface area contributed by atoms with E-state index in [0.29, 0.717) is 0 Å². The monoisotopic (exact) mass is 256 g/mol. The highest BCUT2D eigenvalue weighted by atomic mass is 19.4. The van der Waals surface area contributed by atoms with Gasteiger partial charge in [-0.1, -0.05) is 0 Å². The number of rotatable bonds is 2. The summed E-state index contributed by atoms with van der Waals surface area (Å²) in [6.45, 7) is 3.66. The molecule has 1 amide bonds. The Bertz CT molecular complexity index is 263. The van der Waals surface area contributed by atoms with E-state index in [4.69, 9.17) is 9.90 Å². The number of likely N-dealkylation sites (N-methyl/N-ethyl adjacent to an activating group) is 1. The second-order valence-electron chi connectivity index (χ2n) is 3.35. The number of alkyl halides is 3. The molecule has 0 aromatic carbocycles. The number of aliphatic carboxylic acids is 1. The summed E-state index contributed by atoms with van der Waals surface area (Å²) in [6.07, 6.45) is -2.96. The van der Waals surface area contributed by atoms with Crippen molar-refractivity contribution in [3.8, 4) is 0 Å². The minimum Gasteiger partial charge on any atom is -0.475 e. The number of carboxylic acids is 1. The van der Waals surface area contributed by atoms with Crippen LogP contribution in [0, 0.1) is 0 Å². The van der Waals surface area contributed by atoms with Gasteiger partial charge in [0.1, 0.15) is 0 Å². The molecule has 17 heavy (non-hydrogen) atoms. The van der Waals surface area contributed by atoms with E-state index < -0.39 is 12.1 Å². The average molecular weight is 256 g/mol. The topological polar surface area (TPSA) is 78.4 Å². The summed E-state index contributed by atoms with van der Waals surface area (Å²) in [6, 6.07) is 0.0833. The number of nitrogens with one attached hydrogen (secondary N) is 2. The van der Waals surface area contributed by atoms with E-state index in [2.05, 4.69) is 10.6 Å². The Balaban J connectivity index is 0.000000325. The normalized spacial score (nSPS) is 19.2. The van der Waals surface area contributed by atoms with Crippen molar-refractivity contribution in [2.75, 3.05) is 13.1 Å². The molecule has 1 rings (SSSR count). The minimum atomic E-state index is -5.08. The fourth-order valence-electron chi connectivity index (χ4n) is 1.21. The molecule has 1 saturated heterocycles. The molecule has 8 heteroatoms. The van der Waals surface area contributed by atoms with Crippen LogP contribution in [0.15, 0.2) is 0 Å². The molecule has 100 valence electrons. The lowest BCUT2D eigenvalue weighted by Gasteiger charge is -2.08. The minimum absolute atomic E-state index is 0.0833. The van der Waals surface area contributed by atoms with Gasteiger partial charge in [-0.2, -0.15) is 13.2 Å². The van der Waals surface area contributed by atoms with Gasteiger partial charge in [-0.25, -0.2) is 4.79 Å². The van der Waals surface area contributed by atoms with Gasteiger partial charge in [0.15, 0.2) is 0 Å². The van der Waals surface area contributed by atoms with E-state index in [0.717, 1.165) is 25.9 Å². The highest BCUT2D eigenvalue weighted by molar-refractivity contribution is 5.81. The summed E-state index contributed by atoms with van der Waals surface area (Å²) >= 11 is 0. The van der Waals surface area contributed by atoms with Crippen LogP contribution in [0.2, 0.25) is 0 Å². The van der Waals surface area contributed by atoms with Crippen molar-refractivity contribution < 1.29 is 27.9 Å². The Morgan fingerprint density at radius 1 is 1.47 bits per heavy atom. The first-order valence-electron chi connectivity index (χ1n) is 5.10. The quantitative estimate of drug-likeness (QED) is 0.672. The first kappa shape index (κ1) is 15.7. The molecule has 0 bridgehead atoms. The van der Waals surface area contributed by atoms with E-state index in [-0.39, 0.29) is 11.9 Å². The van der Waals surface area contributed by atoms with Crippen molar-refractivity contribution in [1.29, 1.82) is 0 Å². The first-order valence-corrected chi connectivity index (χ1v) is 5.10. The van der Waals surface area contributed by atoms with Crippen LogP contribution in [0.25, 0.3) is 0 Å². The molecule has 0 unspecified atom stereocenters. The van der Waals surface area contributed by atoms with Crippen molar-refractivity contribution in [1.82, 2.24) is 10.6 Å². The molecule has 0 aliphatic carbocycles. The fraction of sp³-hybridized carbons (Fsp3) is 0.778. The third-order valence-electron chi connectivity index (χ3n) is 1.97. The highest BCUT2D eigenvalue weighted by Crippen LogP contribution is 2.13. The van der Waals surface area contributed by atoms with Crippen LogP contribution in [0.4, 0.5) is 13.2 Å². The molecular weight excluding hydrogens is 241 g/mol. The van der Waals surface area contributed by atoms with Gasteiger partial charge in [0.05, 0.1) is 6.04 Å². The number of hydrogen-bond acceptors (Lipinski definition) is 3. The van der Waals surface area contributed by atoms with Crippen LogP contribution < -0.4 is 10.6 Å². The predicted octanol–water partition coefficient (Wildman–Crippen LogP) is 0.508. The van der Waals surface area contributed by atoms with Crippen LogP contribution in [0.5, 0.6) is 0 Å². The Hall–Kier alpha value is -1.31. The zero-order chi connectivity index (χ0) is 13.5. The van der Waals surface area contributed by atoms with E-state index >= 15 is 0 Å². The van der Waals surface area contributed by atoms with Gasteiger partial charge >= 0.3 is 12.1 Å². The van der Waals surface area contributed by atoms with E-state index in [1.54, 1.807) is 0 Å². The summed E-state index contributed by atoms with van der Waals surface area (Å²) in [4.78, 5) is 20.0. The maximum atomic E-state index is 11.1. The van der Waals surface area contributed by atoms with Crippen LogP contribution in [-0.2, 0) is 9.59 Å². The molecule has 1 fully saturated rings. The standard InChI is InChI=1S/C7H14N2O.C2HF3O2/c1-2-8-7(10)6-4-3-5-9-6;3-2(4,5)1(6)7/h6,9H,2-5H2,1H3,(H,8,10);(H,6,7)/t6-;/m0./s1. The molecule has 0 radical (unpaired) electrons. The lowest BCUT2D eigenvalue weighted by atomic mass is 10.2.